The van der Waals surface area contributed by atoms with Crippen LogP contribution in [0.3, 0.4) is 0 Å². The normalized spacial score (nSPS) is 10.3. The number of para-hydroxylation sites is 1. The molecule has 0 aliphatic rings. The molecule has 5 heteroatoms. The molecule has 1 amide bonds. The molecular formula is C23H25N3O2. The number of ether oxygens (including phenoxy) is 1. The van der Waals surface area contributed by atoms with Crippen LogP contribution in [0, 0.1) is 0 Å². The lowest BCUT2D eigenvalue weighted by atomic mass is 10.2. The first-order valence-electron chi connectivity index (χ1n) is 9.47. The Labute approximate surface area is 166 Å². The van der Waals surface area contributed by atoms with E-state index in [1.54, 1.807) is 6.20 Å². The summed E-state index contributed by atoms with van der Waals surface area (Å²) in [6.07, 6.45) is 1.98. The number of hydrogen-bond acceptors (Lipinski definition) is 4. The molecule has 0 aliphatic carbocycles. The number of nitrogens with one attached hydrogen (secondary N) is 1. The Balaban J connectivity index is 1.49. The van der Waals surface area contributed by atoms with Gasteiger partial charge in [0.2, 0.25) is 5.91 Å². The minimum atomic E-state index is -0.0953. The van der Waals surface area contributed by atoms with Crippen molar-refractivity contribution in [1.82, 2.24) is 4.98 Å². The summed E-state index contributed by atoms with van der Waals surface area (Å²) in [4.78, 5) is 18.8. The minimum absolute atomic E-state index is 0.0953. The molecule has 144 valence electrons. The monoisotopic (exact) mass is 375 g/mol. The van der Waals surface area contributed by atoms with Crippen LogP contribution in [0.2, 0.25) is 0 Å². The summed E-state index contributed by atoms with van der Waals surface area (Å²) in [5.74, 6) is 1.55. The molecule has 0 aliphatic heterocycles. The maximum atomic E-state index is 12.1. The molecule has 3 aromatic rings. The summed E-state index contributed by atoms with van der Waals surface area (Å²) in [6, 6.07) is 23.6. The van der Waals surface area contributed by atoms with Gasteiger partial charge in [-0.2, -0.15) is 0 Å². The van der Waals surface area contributed by atoms with Gasteiger partial charge in [0.1, 0.15) is 11.6 Å². The van der Waals surface area contributed by atoms with Gasteiger partial charge in [0, 0.05) is 13.1 Å². The van der Waals surface area contributed by atoms with Crippen LogP contribution in [-0.4, -0.2) is 24.0 Å². The van der Waals surface area contributed by atoms with Crippen LogP contribution in [0.1, 0.15) is 18.9 Å². The molecule has 2 aromatic carbocycles. The lowest BCUT2D eigenvalue weighted by molar-refractivity contribution is -0.116. The number of anilines is 2. The van der Waals surface area contributed by atoms with Gasteiger partial charge in [0.15, 0.2) is 0 Å². The topological polar surface area (TPSA) is 54.5 Å². The average Bonchev–Trinajstić information content (AvgIpc) is 2.74. The number of pyridine rings is 1. The van der Waals surface area contributed by atoms with Crippen LogP contribution >= 0.6 is 0 Å². The van der Waals surface area contributed by atoms with E-state index in [0.717, 1.165) is 24.7 Å². The van der Waals surface area contributed by atoms with Gasteiger partial charge in [-0.3, -0.25) is 4.79 Å². The van der Waals surface area contributed by atoms with Crippen molar-refractivity contribution < 1.29 is 9.53 Å². The molecule has 0 radical (unpaired) electrons. The van der Waals surface area contributed by atoms with E-state index in [-0.39, 0.29) is 12.3 Å². The maximum absolute atomic E-state index is 12.1. The molecule has 0 saturated carbocycles. The Hall–Kier alpha value is -3.34. The van der Waals surface area contributed by atoms with Crippen molar-refractivity contribution in [1.29, 1.82) is 0 Å². The molecule has 1 heterocycles. The molecule has 1 N–H and O–H groups in total. The molecular weight excluding hydrogens is 350 g/mol. The van der Waals surface area contributed by atoms with Crippen molar-refractivity contribution in [3.63, 3.8) is 0 Å². The fraction of sp³-hybridized carbons (Fsp3) is 0.217. The highest BCUT2D eigenvalue weighted by Crippen LogP contribution is 2.17. The number of rotatable bonds is 9. The third-order valence-electron chi connectivity index (χ3n) is 4.29. The smallest absolute Gasteiger partial charge is 0.227 e. The molecule has 0 bridgehead atoms. The average molecular weight is 375 g/mol. The standard InChI is InChI=1S/C23H25N3O2/c1-2-26(18-19-9-5-3-6-10-19)22-14-13-20(17-24-22)25-23(27)15-16-28-21-11-7-4-8-12-21/h3-14,17H,2,15-16,18H2,1H3,(H,25,27). The predicted molar refractivity (Wildman–Crippen MR) is 113 cm³/mol. The summed E-state index contributed by atoms with van der Waals surface area (Å²) >= 11 is 0. The van der Waals surface area contributed by atoms with Gasteiger partial charge in [-0.25, -0.2) is 4.98 Å². The van der Waals surface area contributed by atoms with E-state index in [9.17, 15) is 4.79 Å². The Morgan fingerprint density at radius 3 is 2.36 bits per heavy atom. The summed E-state index contributed by atoms with van der Waals surface area (Å²) in [5.41, 5.74) is 1.92. The molecule has 0 fully saturated rings. The Bertz CT molecular complexity index is 852. The quantitative estimate of drug-likeness (QED) is 0.598. The van der Waals surface area contributed by atoms with Crippen molar-refractivity contribution in [3.05, 3.63) is 84.6 Å². The van der Waals surface area contributed by atoms with E-state index < -0.39 is 0 Å². The van der Waals surface area contributed by atoms with Crippen molar-refractivity contribution in [2.75, 3.05) is 23.4 Å². The number of benzene rings is 2. The zero-order valence-electron chi connectivity index (χ0n) is 16.0. The fourth-order valence-corrected chi connectivity index (χ4v) is 2.81. The molecule has 3 rings (SSSR count). The SMILES string of the molecule is CCN(Cc1ccccc1)c1ccc(NC(=O)CCOc2ccccc2)cn1. The predicted octanol–water partition coefficient (Wildman–Crippen LogP) is 4.52. The van der Waals surface area contributed by atoms with Crippen molar-refractivity contribution in [2.24, 2.45) is 0 Å². The van der Waals surface area contributed by atoms with Crippen molar-refractivity contribution in [3.8, 4) is 5.75 Å². The summed E-state index contributed by atoms with van der Waals surface area (Å²) in [7, 11) is 0. The molecule has 0 saturated heterocycles. The van der Waals surface area contributed by atoms with Crippen LogP contribution in [0.4, 0.5) is 11.5 Å². The van der Waals surface area contributed by atoms with Crippen LogP contribution in [0.5, 0.6) is 5.75 Å². The Morgan fingerprint density at radius 1 is 1.00 bits per heavy atom. The summed E-state index contributed by atoms with van der Waals surface area (Å²) in [5, 5.41) is 2.86. The van der Waals surface area contributed by atoms with Crippen molar-refractivity contribution in [2.45, 2.75) is 19.9 Å². The zero-order valence-corrected chi connectivity index (χ0v) is 16.0. The van der Waals surface area contributed by atoms with Gasteiger partial charge in [-0.1, -0.05) is 48.5 Å². The largest absolute Gasteiger partial charge is 0.493 e. The maximum Gasteiger partial charge on any atom is 0.227 e. The third-order valence-corrected chi connectivity index (χ3v) is 4.29. The van der Waals surface area contributed by atoms with Crippen molar-refractivity contribution >= 4 is 17.4 Å². The molecule has 28 heavy (non-hydrogen) atoms. The summed E-state index contributed by atoms with van der Waals surface area (Å²) < 4.78 is 5.55. The summed E-state index contributed by atoms with van der Waals surface area (Å²) in [6.45, 7) is 4.09. The van der Waals surface area contributed by atoms with E-state index >= 15 is 0 Å². The number of aromatic nitrogens is 1. The first-order chi connectivity index (χ1) is 13.7. The van der Waals surface area contributed by atoms with Gasteiger partial charge in [-0.15, -0.1) is 0 Å². The van der Waals surface area contributed by atoms with Crippen LogP contribution in [-0.2, 0) is 11.3 Å². The highest BCUT2D eigenvalue weighted by Gasteiger charge is 2.08. The fourth-order valence-electron chi connectivity index (χ4n) is 2.81. The number of amides is 1. The van der Waals surface area contributed by atoms with E-state index in [0.29, 0.717) is 12.3 Å². The first-order valence-corrected chi connectivity index (χ1v) is 9.47. The molecule has 0 spiro atoms. The highest BCUT2D eigenvalue weighted by molar-refractivity contribution is 5.90. The molecule has 0 unspecified atom stereocenters. The van der Waals surface area contributed by atoms with Gasteiger partial charge < -0.3 is 15.0 Å². The molecule has 5 nitrogen and oxygen atoms in total. The van der Waals surface area contributed by atoms with Gasteiger partial charge in [-0.05, 0) is 36.8 Å². The lowest BCUT2D eigenvalue weighted by Gasteiger charge is -2.22. The molecule has 0 atom stereocenters. The van der Waals surface area contributed by atoms with E-state index in [1.165, 1.54) is 5.56 Å². The zero-order chi connectivity index (χ0) is 19.6. The molecule has 1 aromatic heterocycles. The second kappa shape index (κ2) is 10.1. The van der Waals surface area contributed by atoms with Crippen LogP contribution in [0.25, 0.3) is 0 Å². The first kappa shape index (κ1) is 19.4. The number of carbonyl (C=O) groups is 1. The lowest BCUT2D eigenvalue weighted by Crippen LogP contribution is -2.23. The van der Waals surface area contributed by atoms with Gasteiger partial charge in [0.25, 0.3) is 0 Å². The van der Waals surface area contributed by atoms with E-state index in [1.807, 2.05) is 60.7 Å². The van der Waals surface area contributed by atoms with Gasteiger partial charge in [0.05, 0.1) is 24.9 Å². The minimum Gasteiger partial charge on any atom is -0.493 e. The van der Waals surface area contributed by atoms with E-state index in [4.69, 9.17) is 4.74 Å². The van der Waals surface area contributed by atoms with Crippen LogP contribution in [0.15, 0.2) is 79.0 Å². The van der Waals surface area contributed by atoms with Crippen LogP contribution < -0.4 is 15.0 Å². The third kappa shape index (κ3) is 5.84. The Kier molecular flexibility index (Phi) is 7.01. The van der Waals surface area contributed by atoms with E-state index in [2.05, 4.69) is 34.3 Å². The second-order valence-corrected chi connectivity index (χ2v) is 6.36. The number of nitrogens with zero attached hydrogens (tertiary/aromatic N) is 2. The van der Waals surface area contributed by atoms with Gasteiger partial charge >= 0.3 is 0 Å². The number of carbonyl (C=O) groups excluding carboxylic acids is 1. The Morgan fingerprint density at radius 2 is 1.71 bits per heavy atom. The highest BCUT2D eigenvalue weighted by atomic mass is 16.5. The second-order valence-electron chi connectivity index (χ2n) is 6.36. The number of hydrogen-bond donors (Lipinski definition) is 1.